The predicted octanol–water partition coefficient (Wildman–Crippen LogP) is 2.62. The lowest BCUT2D eigenvalue weighted by Gasteiger charge is -2.28. The van der Waals surface area contributed by atoms with E-state index in [-0.39, 0.29) is 12.2 Å². The largest absolute Gasteiger partial charge is 0.462 e. The number of oxazole rings is 1. The van der Waals surface area contributed by atoms with Crippen LogP contribution in [0.25, 0.3) is 11.1 Å². The molecule has 1 amide bonds. The summed E-state index contributed by atoms with van der Waals surface area (Å²) in [5.74, 6) is -2.48. The molecule has 3 aromatic rings. The molecule has 0 aliphatic rings. The van der Waals surface area contributed by atoms with Crippen LogP contribution in [-0.4, -0.2) is 33.9 Å². The molecule has 8 heteroatoms. The summed E-state index contributed by atoms with van der Waals surface area (Å²) < 4.78 is 23.9. The van der Waals surface area contributed by atoms with Crippen LogP contribution >= 0.6 is 0 Å². The Morgan fingerprint density at radius 3 is 2.85 bits per heavy atom. The van der Waals surface area contributed by atoms with E-state index < -0.39 is 23.7 Å². The minimum atomic E-state index is -1.03. The molecule has 0 spiro atoms. The number of carbonyl (C=O) groups excluding carboxylic acids is 2. The van der Waals surface area contributed by atoms with Crippen molar-refractivity contribution in [1.82, 2.24) is 14.9 Å². The lowest BCUT2D eigenvalue weighted by Crippen LogP contribution is -2.39. The number of halogens is 1. The molecular weight excluding hydrogens is 341 g/mol. The Morgan fingerprint density at radius 1 is 1.31 bits per heavy atom. The molecule has 7 nitrogen and oxygen atoms in total. The van der Waals surface area contributed by atoms with E-state index in [2.05, 4.69) is 14.7 Å². The average molecular weight is 357 g/mol. The van der Waals surface area contributed by atoms with Gasteiger partial charge in [-0.15, -0.1) is 0 Å². The molecule has 1 atom stereocenters. The van der Waals surface area contributed by atoms with Gasteiger partial charge in [-0.05, 0) is 36.8 Å². The minimum Gasteiger partial charge on any atom is -0.462 e. The molecule has 1 aromatic carbocycles. The van der Waals surface area contributed by atoms with E-state index in [1.54, 1.807) is 25.1 Å². The Morgan fingerprint density at radius 2 is 2.12 bits per heavy atom. The molecule has 0 aliphatic carbocycles. The molecule has 0 saturated carbocycles. The number of amides is 1. The summed E-state index contributed by atoms with van der Waals surface area (Å²) >= 11 is 0. The van der Waals surface area contributed by atoms with Crippen molar-refractivity contribution >= 4 is 23.0 Å². The Balaban J connectivity index is 1.95. The Labute approximate surface area is 148 Å². The molecule has 0 aliphatic heterocycles. The van der Waals surface area contributed by atoms with Crippen molar-refractivity contribution in [3.63, 3.8) is 0 Å². The SMILES string of the molecule is COC(=O)C(=O)N(Cc1ccc2ncoc2c1)C(C)c1ncccc1F. The van der Waals surface area contributed by atoms with Crippen molar-refractivity contribution < 1.29 is 23.1 Å². The first-order valence-corrected chi connectivity index (χ1v) is 7.82. The number of hydrogen-bond acceptors (Lipinski definition) is 6. The third kappa shape index (κ3) is 3.39. The highest BCUT2D eigenvalue weighted by atomic mass is 19.1. The van der Waals surface area contributed by atoms with E-state index >= 15 is 0 Å². The van der Waals surface area contributed by atoms with Gasteiger partial charge < -0.3 is 14.1 Å². The molecule has 2 heterocycles. The van der Waals surface area contributed by atoms with Crippen LogP contribution < -0.4 is 0 Å². The first-order valence-electron chi connectivity index (χ1n) is 7.82. The van der Waals surface area contributed by atoms with Crippen LogP contribution in [0.4, 0.5) is 4.39 Å². The zero-order valence-corrected chi connectivity index (χ0v) is 14.2. The Bertz CT molecular complexity index is 956. The minimum absolute atomic E-state index is 0.0434. The number of esters is 1. The van der Waals surface area contributed by atoms with Crippen molar-refractivity contribution in [2.45, 2.75) is 19.5 Å². The second-order valence-electron chi connectivity index (χ2n) is 5.63. The van der Waals surface area contributed by atoms with Crippen molar-refractivity contribution in [3.8, 4) is 0 Å². The maximum Gasteiger partial charge on any atom is 0.396 e. The van der Waals surface area contributed by atoms with Crippen molar-refractivity contribution in [2.75, 3.05) is 7.11 Å². The standard InChI is InChI=1S/C18H16FN3O4/c1-11(16-13(19)4-3-7-20-16)22(17(23)18(24)25-2)9-12-5-6-14-15(8-12)26-10-21-14/h3-8,10-11H,9H2,1-2H3. The van der Waals surface area contributed by atoms with Gasteiger partial charge in [-0.1, -0.05) is 6.07 Å². The van der Waals surface area contributed by atoms with Crippen molar-refractivity contribution in [2.24, 2.45) is 0 Å². The van der Waals surface area contributed by atoms with E-state index in [1.807, 2.05) is 0 Å². The number of methoxy groups -OCH3 is 1. The highest BCUT2D eigenvalue weighted by molar-refractivity contribution is 6.32. The van der Waals surface area contributed by atoms with Gasteiger partial charge in [0.1, 0.15) is 11.3 Å². The lowest BCUT2D eigenvalue weighted by molar-refractivity contribution is -0.159. The number of pyridine rings is 1. The number of nitrogens with zero attached hydrogens (tertiary/aromatic N) is 3. The van der Waals surface area contributed by atoms with E-state index in [1.165, 1.54) is 29.6 Å². The summed E-state index contributed by atoms with van der Waals surface area (Å²) in [6.45, 7) is 1.64. The van der Waals surface area contributed by atoms with Crippen LogP contribution in [0.3, 0.4) is 0 Å². The molecule has 26 heavy (non-hydrogen) atoms. The van der Waals surface area contributed by atoms with E-state index in [9.17, 15) is 14.0 Å². The third-order valence-corrected chi connectivity index (χ3v) is 4.02. The smallest absolute Gasteiger partial charge is 0.396 e. The Kier molecular flexibility index (Phi) is 4.92. The van der Waals surface area contributed by atoms with Crippen LogP contribution in [0.1, 0.15) is 24.2 Å². The zero-order valence-electron chi connectivity index (χ0n) is 14.2. The second kappa shape index (κ2) is 7.30. The van der Waals surface area contributed by atoms with Crippen LogP contribution in [-0.2, 0) is 20.9 Å². The summed E-state index contributed by atoms with van der Waals surface area (Å²) in [5.41, 5.74) is 1.97. The monoisotopic (exact) mass is 357 g/mol. The molecule has 3 rings (SSSR count). The molecule has 0 saturated heterocycles. The van der Waals surface area contributed by atoms with Crippen molar-refractivity contribution in [1.29, 1.82) is 0 Å². The normalized spacial score (nSPS) is 12.0. The molecule has 134 valence electrons. The van der Waals surface area contributed by atoms with Crippen molar-refractivity contribution in [3.05, 3.63) is 60.0 Å². The van der Waals surface area contributed by atoms with Crippen LogP contribution in [0.15, 0.2) is 47.3 Å². The van der Waals surface area contributed by atoms with Crippen LogP contribution in [0, 0.1) is 5.82 Å². The van der Waals surface area contributed by atoms with E-state index in [0.29, 0.717) is 16.7 Å². The van der Waals surface area contributed by atoms with E-state index in [4.69, 9.17) is 4.42 Å². The number of carbonyl (C=O) groups is 2. The molecule has 1 unspecified atom stereocenters. The van der Waals surface area contributed by atoms with E-state index in [0.717, 1.165) is 7.11 Å². The average Bonchev–Trinajstić information content (AvgIpc) is 3.12. The van der Waals surface area contributed by atoms with Gasteiger partial charge in [0.15, 0.2) is 12.0 Å². The van der Waals surface area contributed by atoms with Crippen LogP contribution in [0.5, 0.6) is 0 Å². The lowest BCUT2D eigenvalue weighted by atomic mass is 10.1. The number of hydrogen-bond donors (Lipinski definition) is 0. The highest BCUT2D eigenvalue weighted by Gasteiger charge is 2.30. The number of benzene rings is 1. The quantitative estimate of drug-likeness (QED) is 0.527. The van der Waals surface area contributed by atoms with Gasteiger partial charge in [0.05, 0.1) is 18.8 Å². The van der Waals surface area contributed by atoms with Crippen LogP contribution in [0.2, 0.25) is 0 Å². The summed E-state index contributed by atoms with van der Waals surface area (Å²) in [4.78, 5) is 33.5. The number of ether oxygens (including phenoxy) is 1. The fourth-order valence-corrected chi connectivity index (χ4v) is 2.64. The van der Waals surface area contributed by atoms with Gasteiger partial charge in [-0.3, -0.25) is 9.78 Å². The number of rotatable bonds is 4. The molecule has 0 N–H and O–H groups in total. The highest BCUT2D eigenvalue weighted by Crippen LogP contribution is 2.24. The molecular formula is C18H16FN3O4. The van der Waals surface area contributed by atoms with Gasteiger partial charge >= 0.3 is 11.9 Å². The van der Waals surface area contributed by atoms with Gasteiger partial charge in [0.2, 0.25) is 0 Å². The molecule has 0 fully saturated rings. The molecule has 0 bridgehead atoms. The number of aromatic nitrogens is 2. The van der Waals surface area contributed by atoms with Gasteiger partial charge in [0, 0.05) is 12.7 Å². The first-order chi connectivity index (χ1) is 12.5. The fourth-order valence-electron chi connectivity index (χ4n) is 2.64. The van der Waals surface area contributed by atoms with Gasteiger partial charge in [0.25, 0.3) is 0 Å². The summed E-state index contributed by atoms with van der Waals surface area (Å²) in [6.07, 6.45) is 2.74. The van der Waals surface area contributed by atoms with Gasteiger partial charge in [-0.25, -0.2) is 14.2 Å². The summed E-state index contributed by atoms with van der Waals surface area (Å²) in [7, 11) is 1.12. The molecule has 0 radical (unpaired) electrons. The second-order valence-corrected chi connectivity index (χ2v) is 5.63. The summed E-state index contributed by atoms with van der Waals surface area (Å²) in [6, 6.07) is 7.12. The molecule has 2 aromatic heterocycles. The summed E-state index contributed by atoms with van der Waals surface area (Å²) in [5, 5.41) is 0. The third-order valence-electron chi connectivity index (χ3n) is 4.02. The Hall–Kier alpha value is -3.29. The van der Waals surface area contributed by atoms with Gasteiger partial charge in [-0.2, -0.15) is 0 Å². The zero-order chi connectivity index (χ0) is 18.7. The maximum absolute atomic E-state index is 14.1. The first kappa shape index (κ1) is 17.5. The fraction of sp³-hybridized carbons (Fsp3) is 0.222. The predicted molar refractivity (Wildman–Crippen MR) is 89.2 cm³/mol. The number of fused-ring (bicyclic) bond motifs is 1. The maximum atomic E-state index is 14.1. The topological polar surface area (TPSA) is 85.5 Å².